The average molecular weight is 387 g/mol. The van der Waals surface area contributed by atoms with Crippen LogP contribution in [0.4, 0.5) is 0 Å². The van der Waals surface area contributed by atoms with Gasteiger partial charge in [0, 0.05) is 6.42 Å². The van der Waals surface area contributed by atoms with Gasteiger partial charge in [-0.1, -0.05) is 97.9 Å². The van der Waals surface area contributed by atoms with E-state index in [1.165, 1.54) is 0 Å². The molecule has 2 N–H and O–H groups in total. The SMILES string of the molecule is CC[C@@H](NC(=O)CC(c1ccccc1)(c1ccccc1)c1ccccc1)C(=O)O. The highest BCUT2D eigenvalue weighted by atomic mass is 16.4. The van der Waals surface area contributed by atoms with Gasteiger partial charge in [-0.3, -0.25) is 4.79 Å². The first-order valence-electron chi connectivity index (χ1n) is 9.76. The molecule has 0 unspecified atom stereocenters. The Morgan fingerprint density at radius 2 is 1.17 bits per heavy atom. The van der Waals surface area contributed by atoms with Crippen LogP contribution in [0, 0.1) is 0 Å². The second kappa shape index (κ2) is 9.20. The molecule has 0 spiro atoms. The number of benzene rings is 3. The van der Waals surface area contributed by atoms with Crippen molar-refractivity contribution < 1.29 is 14.7 Å². The molecule has 0 heterocycles. The zero-order valence-corrected chi connectivity index (χ0v) is 16.4. The maximum atomic E-state index is 13.1. The highest BCUT2D eigenvalue weighted by molar-refractivity contribution is 5.85. The van der Waals surface area contributed by atoms with Crippen LogP contribution in [0.5, 0.6) is 0 Å². The van der Waals surface area contributed by atoms with E-state index in [4.69, 9.17) is 0 Å². The van der Waals surface area contributed by atoms with Gasteiger partial charge in [-0.2, -0.15) is 0 Å². The summed E-state index contributed by atoms with van der Waals surface area (Å²) in [5.41, 5.74) is 2.22. The van der Waals surface area contributed by atoms with Crippen LogP contribution in [-0.2, 0) is 15.0 Å². The summed E-state index contributed by atoms with van der Waals surface area (Å²) < 4.78 is 0. The normalized spacial score (nSPS) is 12.2. The van der Waals surface area contributed by atoms with Crippen LogP contribution in [-0.4, -0.2) is 23.0 Å². The van der Waals surface area contributed by atoms with Crippen LogP contribution in [0.15, 0.2) is 91.0 Å². The van der Waals surface area contributed by atoms with E-state index in [-0.39, 0.29) is 12.3 Å². The minimum atomic E-state index is -1.02. The summed E-state index contributed by atoms with van der Waals surface area (Å²) in [6.45, 7) is 1.75. The summed E-state index contributed by atoms with van der Waals surface area (Å²) in [5.74, 6) is -1.32. The number of nitrogens with one attached hydrogen (secondary N) is 1. The first kappa shape index (κ1) is 20.3. The van der Waals surface area contributed by atoms with Gasteiger partial charge in [-0.25, -0.2) is 4.79 Å². The van der Waals surface area contributed by atoms with Crippen molar-refractivity contribution in [2.24, 2.45) is 0 Å². The van der Waals surface area contributed by atoms with Crippen LogP contribution in [0.3, 0.4) is 0 Å². The molecule has 3 aromatic carbocycles. The van der Waals surface area contributed by atoms with E-state index < -0.39 is 17.4 Å². The van der Waals surface area contributed by atoms with E-state index >= 15 is 0 Å². The van der Waals surface area contributed by atoms with Gasteiger partial charge in [0.05, 0.1) is 5.41 Å². The molecule has 0 aliphatic carbocycles. The molecule has 0 aliphatic heterocycles. The topological polar surface area (TPSA) is 66.4 Å². The van der Waals surface area contributed by atoms with Crippen molar-refractivity contribution >= 4 is 11.9 Å². The summed E-state index contributed by atoms with van der Waals surface area (Å²) in [7, 11) is 0. The third kappa shape index (κ3) is 4.37. The molecule has 3 rings (SSSR count). The molecule has 0 bridgehead atoms. The first-order valence-corrected chi connectivity index (χ1v) is 9.76. The molecule has 4 heteroatoms. The summed E-state index contributed by atoms with van der Waals surface area (Å²) in [5, 5.41) is 12.0. The molecule has 0 fully saturated rings. The lowest BCUT2D eigenvalue weighted by molar-refractivity contribution is -0.142. The Labute approximate surface area is 171 Å². The average Bonchev–Trinajstić information content (AvgIpc) is 2.77. The van der Waals surface area contributed by atoms with E-state index in [9.17, 15) is 14.7 Å². The van der Waals surface area contributed by atoms with Gasteiger partial charge >= 0.3 is 5.97 Å². The molecule has 0 saturated carbocycles. The minimum Gasteiger partial charge on any atom is -0.480 e. The Morgan fingerprint density at radius 3 is 1.48 bits per heavy atom. The Morgan fingerprint density at radius 1 is 0.793 bits per heavy atom. The van der Waals surface area contributed by atoms with Crippen LogP contribution < -0.4 is 5.32 Å². The lowest BCUT2D eigenvalue weighted by Crippen LogP contribution is -2.44. The van der Waals surface area contributed by atoms with Gasteiger partial charge in [0.25, 0.3) is 0 Å². The molecule has 0 aliphatic rings. The van der Waals surface area contributed by atoms with Crippen molar-refractivity contribution in [3.63, 3.8) is 0 Å². The van der Waals surface area contributed by atoms with Crippen molar-refractivity contribution in [2.45, 2.75) is 31.2 Å². The third-order valence-corrected chi connectivity index (χ3v) is 5.27. The number of amides is 1. The predicted molar refractivity (Wildman–Crippen MR) is 114 cm³/mol. The van der Waals surface area contributed by atoms with E-state index in [0.29, 0.717) is 6.42 Å². The molecule has 0 aromatic heterocycles. The highest BCUT2D eigenvalue weighted by Crippen LogP contribution is 2.42. The third-order valence-electron chi connectivity index (χ3n) is 5.27. The molecule has 0 radical (unpaired) electrons. The second-order valence-electron chi connectivity index (χ2n) is 7.05. The molecule has 29 heavy (non-hydrogen) atoms. The van der Waals surface area contributed by atoms with Crippen molar-refractivity contribution in [1.29, 1.82) is 0 Å². The number of carboxylic acid groups (broad SMARTS) is 1. The van der Waals surface area contributed by atoms with Gasteiger partial charge < -0.3 is 10.4 Å². The minimum absolute atomic E-state index is 0.106. The smallest absolute Gasteiger partial charge is 0.326 e. The number of hydrogen-bond acceptors (Lipinski definition) is 2. The molecule has 1 amide bonds. The Balaban J connectivity index is 2.15. The molecular formula is C25H25NO3. The zero-order valence-electron chi connectivity index (χ0n) is 16.4. The second-order valence-corrected chi connectivity index (χ2v) is 7.05. The fraction of sp³-hybridized carbons (Fsp3) is 0.200. The number of hydrogen-bond donors (Lipinski definition) is 2. The van der Waals surface area contributed by atoms with Crippen LogP contribution in [0.1, 0.15) is 36.5 Å². The number of carbonyl (C=O) groups is 2. The van der Waals surface area contributed by atoms with Crippen molar-refractivity contribution in [3.05, 3.63) is 108 Å². The Kier molecular flexibility index (Phi) is 6.45. The van der Waals surface area contributed by atoms with Crippen molar-refractivity contribution in [2.75, 3.05) is 0 Å². The summed E-state index contributed by atoms with van der Waals surface area (Å²) in [4.78, 5) is 24.5. The van der Waals surface area contributed by atoms with E-state index in [1.54, 1.807) is 6.92 Å². The highest BCUT2D eigenvalue weighted by Gasteiger charge is 2.39. The molecule has 0 saturated heterocycles. The largest absolute Gasteiger partial charge is 0.480 e. The predicted octanol–water partition coefficient (Wildman–Crippen LogP) is 4.39. The fourth-order valence-corrected chi connectivity index (χ4v) is 3.80. The molecular weight excluding hydrogens is 362 g/mol. The summed E-state index contributed by atoms with van der Waals surface area (Å²) >= 11 is 0. The van der Waals surface area contributed by atoms with E-state index in [1.807, 2.05) is 91.0 Å². The lowest BCUT2D eigenvalue weighted by Gasteiger charge is -2.36. The van der Waals surface area contributed by atoms with Gasteiger partial charge in [0.2, 0.25) is 5.91 Å². The van der Waals surface area contributed by atoms with Gasteiger partial charge in [0.15, 0.2) is 0 Å². The number of carbonyl (C=O) groups excluding carboxylic acids is 1. The molecule has 3 aromatic rings. The van der Waals surface area contributed by atoms with Crippen molar-refractivity contribution in [1.82, 2.24) is 5.32 Å². The molecule has 1 atom stereocenters. The standard InChI is InChI=1S/C25H25NO3/c1-2-22(24(28)29)26-23(27)18-25(19-12-6-3-7-13-19,20-14-8-4-9-15-20)21-16-10-5-11-17-21/h3-17,22H,2,18H2,1H3,(H,26,27)(H,28,29)/t22-/m1/s1. The van der Waals surface area contributed by atoms with Gasteiger partial charge in [-0.15, -0.1) is 0 Å². The Bertz CT molecular complexity index is 843. The van der Waals surface area contributed by atoms with E-state index in [2.05, 4.69) is 5.32 Å². The maximum Gasteiger partial charge on any atom is 0.326 e. The number of rotatable bonds is 8. The van der Waals surface area contributed by atoms with Gasteiger partial charge in [0.1, 0.15) is 6.04 Å². The number of aliphatic carboxylic acids is 1. The van der Waals surface area contributed by atoms with Gasteiger partial charge in [-0.05, 0) is 23.1 Å². The monoisotopic (exact) mass is 387 g/mol. The lowest BCUT2D eigenvalue weighted by atomic mass is 9.67. The summed E-state index contributed by atoms with van der Waals surface area (Å²) in [6.07, 6.45) is 0.435. The van der Waals surface area contributed by atoms with Crippen LogP contribution >= 0.6 is 0 Å². The summed E-state index contributed by atoms with van der Waals surface area (Å²) in [6, 6.07) is 28.8. The van der Waals surface area contributed by atoms with Crippen LogP contribution in [0.2, 0.25) is 0 Å². The Hall–Kier alpha value is -3.40. The molecule has 4 nitrogen and oxygen atoms in total. The molecule has 148 valence electrons. The van der Waals surface area contributed by atoms with Crippen LogP contribution in [0.25, 0.3) is 0 Å². The quantitative estimate of drug-likeness (QED) is 0.563. The van der Waals surface area contributed by atoms with Crippen molar-refractivity contribution in [3.8, 4) is 0 Å². The van der Waals surface area contributed by atoms with E-state index in [0.717, 1.165) is 16.7 Å². The first-order chi connectivity index (χ1) is 14.1. The number of carboxylic acids is 1. The fourth-order valence-electron chi connectivity index (χ4n) is 3.80. The zero-order chi connectivity index (χ0) is 20.7. The maximum absolute atomic E-state index is 13.1.